The van der Waals surface area contributed by atoms with Crippen molar-refractivity contribution in [2.24, 2.45) is 0 Å². The van der Waals surface area contributed by atoms with Crippen LogP contribution in [0, 0.1) is 11.6 Å². The van der Waals surface area contributed by atoms with E-state index in [9.17, 15) is 26.7 Å². The van der Waals surface area contributed by atoms with Gasteiger partial charge in [0.1, 0.15) is 18.2 Å². The summed E-state index contributed by atoms with van der Waals surface area (Å²) in [4.78, 5) is 14.4. The number of fused-ring (bicyclic) bond motifs is 1. The zero-order valence-corrected chi connectivity index (χ0v) is 16.0. The van der Waals surface area contributed by atoms with Gasteiger partial charge in [0.2, 0.25) is 0 Å². The van der Waals surface area contributed by atoms with Gasteiger partial charge in [-0.25, -0.2) is 13.5 Å². The Morgan fingerprint density at radius 2 is 2.03 bits per heavy atom. The first kappa shape index (κ1) is 20.3. The van der Waals surface area contributed by atoms with Gasteiger partial charge in [-0.2, -0.15) is 18.3 Å². The van der Waals surface area contributed by atoms with Gasteiger partial charge in [0.15, 0.2) is 17.6 Å². The van der Waals surface area contributed by atoms with Crippen LogP contribution in [0.5, 0.6) is 5.75 Å². The van der Waals surface area contributed by atoms with Gasteiger partial charge in [-0.15, -0.1) is 11.3 Å². The van der Waals surface area contributed by atoms with Crippen LogP contribution in [0.2, 0.25) is 0 Å². The molecule has 2 aromatic heterocycles. The first-order valence-electron chi connectivity index (χ1n) is 8.81. The number of carbonyl (C=O) groups excluding carboxylic acids is 1. The zero-order valence-electron chi connectivity index (χ0n) is 15.2. The number of halogens is 5. The highest BCUT2D eigenvalue weighted by molar-refractivity contribution is 7.12. The summed E-state index contributed by atoms with van der Waals surface area (Å²) in [5.74, 6) is -2.08. The minimum atomic E-state index is -4.46. The second kappa shape index (κ2) is 7.71. The Bertz CT molecular complexity index is 1080. The van der Waals surface area contributed by atoms with E-state index in [4.69, 9.17) is 4.74 Å². The molecule has 3 aromatic rings. The molecule has 1 atom stereocenters. The fourth-order valence-corrected chi connectivity index (χ4v) is 4.05. The van der Waals surface area contributed by atoms with Crippen molar-refractivity contribution in [1.29, 1.82) is 0 Å². The van der Waals surface area contributed by atoms with Gasteiger partial charge < -0.3 is 4.74 Å². The first-order chi connectivity index (χ1) is 14.2. The van der Waals surface area contributed by atoms with Crippen LogP contribution in [0.3, 0.4) is 0 Å². The topological polar surface area (TPSA) is 47.4 Å². The van der Waals surface area contributed by atoms with E-state index in [0.717, 1.165) is 28.2 Å². The zero-order chi connectivity index (χ0) is 21.5. The van der Waals surface area contributed by atoms with Gasteiger partial charge in [0.05, 0.1) is 11.1 Å². The van der Waals surface area contributed by atoms with Gasteiger partial charge in [0, 0.05) is 24.2 Å². The highest BCUT2D eigenvalue weighted by Gasteiger charge is 2.46. The number of benzene rings is 1. The maximum absolute atomic E-state index is 13.6. The largest absolute Gasteiger partial charge is 0.486 e. The Morgan fingerprint density at radius 3 is 2.77 bits per heavy atom. The SMILES string of the molecule is O=C(c1cc(COc2ccc(F)cc2F)cs1)N1CCC(C(F)(F)F)n2nccc21. The molecule has 11 heteroatoms. The quantitative estimate of drug-likeness (QED) is 0.536. The molecule has 158 valence electrons. The lowest BCUT2D eigenvalue weighted by atomic mass is 10.1. The average Bonchev–Trinajstić information content (AvgIpc) is 3.35. The lowest BCUT2D eigenvalue weighted by Crippen LogP contribution is -2.42. The number of ether oxygens (including phenoxy) is 1. The third kappa shape index (κ3) is 3.89. The number of carbonyl (C=O) groups is 1. The highest BCUT2D eigenvalue weighted by Crippen LogP contribution is 2.39. The third-order valence-corrected chi connectivity index (χ3v) is 5.59. The van der Waals surface area contributed by atoms with E-state index >= 15 is 0 Å². The number of hydrogen-bond donors (Lipinski definition) is 0. The van der Waals surface area contributed by atoms with E-state index < -0.39 is 29.8 Å². The van der Waals surface area contributed by atoms with E-state index in [0.29, 0.717) is 16.5 Å². The van der Waals surface area contributed by atoms with Crippen LogP contribution >= 0.6 is 11.3 Å². The standard InChI is InChI=1S/C19H14F5N3O2S/c20-12-1-2-14(13(21)8-12)29-9-11-7-15(30-10-11)18(28)26-6-4-16(19(22,23)24)27-17(26)3-5-25-27/h1-3,5,7-8,10,16H,4,6,9H2. The average molecular weight is 443 g/mol. The molecule has 30 heavy (non-hydrogen) atoms. The Balaban J connectivity index is 1.48. The molecule has 0 N–H and O–H groups in total. The van der Waals surface area contributed by atoms with Crippen molar-refractivity contribution in [2.75, 3.05) is 11.4 Å². The summed E-state index contributed by atoms with van der Waals surface area (Å²) in [6.45, 7) is -0.153. The molecule has 0 saturated heterocycles. The maximum atomic E-state index is 13.6. The molecular formula is C19H14F5N3O2S. The summed E-state index contributed by atoms with van der Waals surface area (Å²) in [5.41, 5.74) is 0.575. The fraction of sp³-hybridized carbons (Fsp3) is 0.263. The lowest BCUT2D eigenvalue weighted by Gasteiger charge is -2.33. The summed E-state index contributed by atoms with van der Waals surface area (Å²) in [6, 6.07) is 4.05. The van der Waals surface area contributed by atoms with Crippen molar-refractivity contribution in [3.63, 3.8) is 0 Å². The summed E-state index contributed by atoms with van der Waals surface area (Å²) in [5, 5.41) is 5.37. The van der Waals surface area contributed by atoms with Crippen LogP contribution in [0.15, 0.2) is 41.9 Å². The van der Waals surface area contributed by atoms with E-state index in [1.165, 1.54) is 23.2 Å². The smallest absolute Gasteiger partial charge is 0.410 e. The molecule has 4 rings (SSSR count). The Hall–Kier alpha value is -2.95. The van der Waals surface area contributed by atoms with Gasteiger partial charge in [0.25, 0.3) is 5.91 Å². The van der Waals surface area contributed by atoms with Crippen LogP contribution in [0.1, 0.15) is 27.7 Å². The predicted octanol–water partition coefficient (Wildman–Crippen LogP) is 4.96. The molecule has 1 aliphatic heterocycles. The number of thiophene rings is 1. The van der Waals surface area contributed by atoms with E-state index in [1.807, 2.05) is 0 Å². The second-order valence-corrected chi connectivity index (χ2v) is 7.53. The number of anilines is 1. The molecule has 1 unspecified atom stereocenters. The molecule has 0 fully saturated rings. The molecule has 3 heterocycles. The molecule has 1 aromatic carbocycles. The molecule has 0 spiro atoms. The van der Waals surface area contributed by atoms with Crippen molar-refractivity contribution in [1.82, 2.24) is 9.78 Å². The summed E-state index contributed by atoms with van der Waals surface area (Å²) >= 11 is 1.10. The molecule has 0 radical (unpaired) electrons. The molecule has 0 bridgehead atoms. The van der Waals surface area contributed by atoms with Crippen molar-refractivity contribution >= 4 is 23.1 Å². The van der Waals surface area contributed by atoms with Crippen LogP contribution in [-0.4, -0.2) is 28.4 Å². The first-order valence-corrected chi connectivity index (χ1v) is 9.69. The summed E-state index contributed by atoms with van der Waals surface area (Å²) in [7, 11) is 0. The number of alkyl halides is 3. The molecule has 5 nitrogen and oxygen atoms in total. The van der Waals surface area contributed by atoms with Crippen LogP contribution < -0.4 is 9.64 Å². The minimum absolute atomic E-state index is 0.0551. The van der Waals surface area contributed by atoms with Crippen molar-refractivity contribution in [2.45, 2.75) is 25.2 Å². The van der Waals surface area contributed by atoms with E-state index in [1.54, 1.807) is 5.38 Å². The number of hydrogen-bond acceptors (Lipinski definition) is 4. The van der Waals surface area contributed by atoms with E-state index in [-0.39, 0.29) is 31.1 Å². The minimum Gasteiger partial charge on any atom is -0.486 e. The Kier molecular flexibility index (Phi) is 5.22. The normalized spacial score (nSPS) is 16.4. The summed E-state index contributed by atoms with van der Waals surface area (Å²) < 4.78 is 72.3. The van der Waals surface area contributed by atoms with Gasteiger partial charge >= 0.3 is 6.18 Å². The molecule has 1 aliphatic rings. The fourth-order valence-electron chi connectivity index (χ4n) is 3.21. The molecule has 0 aliphatic carbocycles. The molecule has 1 amide bonds. The Labute approximate surface area is 171 Å². The van der Waals surface area contributed by atoms with E-state index in [2.05, 4.69) is 5.10 Å². The predicted molar refractivity (Wildman–Crippen MR) is 98.6 cm³/mol. The molecular weight excluding hydrogens is 429 g/mol. The van der Waals surface area contributed by atoms with Crippen LogP contribution in [0.4, 0.5) is 27.8 Å². The maximum Gasteiger partial charge on any atom is 0.410 e. The van der Waals surface area contributed by atoms with Crippen molar-refractivity contribution in [3.05, 3.63) is 64.0 Å². The lowest BCUT2D eigenvalue weighted by molar-refractivity contribution is -0.172. The van der Waals surface area contributed by atoms with Gasteiger partial charge in [-0.1, -0.05) is 0 Å². The molecule has 0 saturated carbocycles. The van der Waals surface area contributed by atoms with Crippen molar-refractivity contribution < 1.29 is 31.5 Å². The van der Waals surface area contributed by atoms with Crippen LogP contribution in [-0.2, 0) is 6.61 Å². The number of aromatic nitrogens is 2. The summed E-state index contributed by atoms with van der Waals surface area (Å²) in [6.07, 6.45) is -3.53. The third-order valence-electron chi connectivity index (χ3n) is 4.62. The van der Waals surface area contributed by atoms with Crippen LogP contribution in [0.25, 0.3) is 0 Å². The number of amides is 1. The second-order valence-electron chi connectivity index (χ2n) is 6.62. The van der Waals surface area contributed by atoms with Gasteiger partial charge in [-0.3, -0.25) is 9.69 Å². The number of rotatable bonds is 4. The van der Waals surface area contributed by atoms with Gasteiger partial charge in [-0.05, 0) is 30.0 Å². The van der Waals surface area contributed by atoms with Crippen molar-refractivity contribution in [3.8, 4) is 5.75 Å². The Morgan fingerprint density at radius 1 is 1.23 bits per heavy atom. The monoisotopic (exact) mass is 443 g/mol. The highest BCUT2D eigenvalue weighted by atomic mass is 32.1. The number of nitrogens with zero attached hydrogens (tertiary/aromatic N) is 3.